The van der Waals surface area contributed by atoms with Gasteiger partial charge in [-0.05, 0) is 68.3 Å². The summed E-state index contributed by atoms with van der Waals surface area (Å²) < 4.78 is 5.43. The van der Waals surface area contributed by atoms with Gasteiger partial charge < -0.3 is 15.4 Å². The first kappa shape index (κ1) is 18.4. The Labute approximate surface area is 158 Å². The fraction of sp³-hybridized carbons (Fsp3) is 0.190. The Kier molecular flexibility index (Phi) is 5.66. The van der Waals surface area contributed by atoms with Crippen LogP contribution in [0, 0.1) is 13.8 Å². The summed E-state index contributed by atoms with van der Waals surface area (Å²) in [6.07, 6.45) is 1.37. The molecule has 0 saturated carbocycles. The molecule has 3 rings (SSSR count). The highest BCUT2D eigenvalue weighted by molar-refractivity contribution is 6.03. The van der Waals surface area contributed by atoms with E-state index in [1.807, 2.05) is 57.2 Å². The van der Waals surface area contributed by atoms with Crippen molar-refractivity contribution in [3.8, 4) is 5.75 Å². The fourth-order valence-electron chi connectivity index (χ4n) is 2.74. The number of benzene rings is 2. The number of hydrogen-bond donors (Lipinski definition) is 2. The second-order valence-corrected chi connectivity index (χ2v) is 6.20. The molecule has 1 amide bonds. The number of nitrogens with zero attached hydrogens (tertiary/aromatic N) is 2. The Morgan fingerprint density at radius 1 is 0.963 bits per heavy atom. The normalized spacial score (nSPS) is 10.3. The number of carbonyl (C=O) groups excluding carboxylic acids is 1. The van der Waals surface area contributed by atoms with Crippen LogP contribution in [0.15, 0.2) is 54.9 Å². The molecule has 1 heterocycles. The molecule has 0 aliphatic carbocycles. The van der Waals surface area contributed by atoms with Crippen molar-refractivity contribution in [1.29, 1.82) is 0 Å². The van der Waals surface area contributed by atoms with Gasteiger partial charge in [-0.25, -0.2) is 9.97 Å². The van der Waals surface area contributed by atoms with Crippen LogP contribution < -0.4 is 15.4 Å². The number of carbonyl (C=O) groups is 1. The summed E-state index contributed by atoms with van der Waals surface area (Å²) in [5, 5.41) is 6.04. The van der Waals surface area contributed by atoms with Crippen LogP contribution in [0.1, 0.15) is 28.5 Å². The van der Waals surface area contributed by atoms with E-state index in [0.717, 1.165) is 28.3 Å². The minimum atomic E-state index is -0.280. The van der Waals surface area contributed by atoms with E-state index in [4.69, 9.17) is 4.74 Å². The van der Waals surface area contributed by atoms with E-state index < -0.39 is 0 Å². The molecule has 27 heavy (non-hydrogen) atoms. The number of anilines is 3. The van der Waals surface area contributed by atoms with Gasteiger partial charge in [0.1, 0.15) is 23.6 Å². The Morgan fingerprint density at radius 2 is 1.67 bits per heavy atom. The third-order valence-corrected chi connectivity index (χ3v) is 3.82. The van der Waals surface area contributed by atoms with Crippen LogP contribution in [-0.4, -0.2) is 22.5 Å². The van der Waals surface area contributed by atoms with Crippen molar-refractivity contribution in [1.82, 2.24) is 9.97 Å². The first-order valence-electron chi connectivity index (χ1n) is 8.75. The predicted molar refractivity (Wildman–Crippen MR) is 107 cm³/mol. The van der Waals surface area contributed by atoms with Crippen LogP contribution in [0.4, 0.5) is 17.2 Å². The monoisotopic (exact) mass is 362 g/mol. The first-order chi connectivity index (χ1) is 13.0. The highest BCUT2D eigenvalue weighted by Crippen LogP contribution is 2.20. The van der Waals surface area contributed by atoms with Crippen LogP contribution in [-0.2, 0) is 0 Å². The van der Waals surface area contributed by atoms with Crippen molar-refractivity contribution in [3.63, 3.8) is 0 Å². The number of aryl methyl sites for hydroxylation is 2. The molecule has 2 aromatic carbocycles. The quantitative estimate of drug-likeness (QED) is 0.676. The fourth-order valence-corrected chi connectivity index (χ4v) is 2.74. The third kappa shape index (κ3) is 5.04. The summed E-state index contributed by atoms with van der Waals surface area (Å²) in [4.78, 5) is 20.8. The van der Waals surface area contributed by atoms with Crippen molar-refractivity contribution in [3.05, 3.63) is 71.7 Å². The summed E-state index contributed by atoms with van der Waals surface area (Å²) >= 11 is 0. The van der Waals surface area contributed by atoms with Gasteiger partial charge in [0.25, 0.3) is 5.91 Å². The van der Waals surface area contributed by atoms with E-state index >= 15 is 0 Å². The van der Waals surface area contributed by atoms with E-state index in [-0.39, 0.29) is 11.6 Å². The first-order valence-corrected chi connectivity index (χ1v) is 8.75. The zero-order valence-electron chi connectivity index (χ0n) is 15.6. The summed E-state index contributed by atoms with van der Waals surface area (Å²) in [5.41, 5.74) is 4.06. The maximum Gasteiger partial charge on any atom is 0.274 e. The van der Waals surface area contributed by atoms with E-state index in [1.165, 1.54) is 6.33 Å². The molecule has 6 heteroatoms. The molecule has 0 fully saturated rings. The van der Waals surface area contributed by atoms with Crippen LogP contribution in [0.2, 0.25) is 0 Å². The largest absolute Gasteiger partial charge is 0.494 e. The topological polar surface area (TPSA) is 76.1 Å². The molecule has 3 aromatic rings. The molecule has 0 bridgehead atoms. The number of ether oxygens (including phenoxy) is 1. The maximum absolute atomic E-state index is 12.5. The molecule has 0 radical (unpaired) electrons. The van der Waals surface area contributed by atoms with E-state index in [2.05, 4.69) is 26.7 Å². The SMILES string of the molecule is CCOc1ccc(Nc2cc(C(=O)Nc3cc(C)cc(C)c3)ncn2)cc1. The zero-order valence-corrected chi connectivity index (χ0v) is 15.6. The van der Waals surface area contributed by atoms with Gasteiger partial charge in [-0.2, -0.15) is 0 Å². The summed E-state index contributed by atoms with van der Waals surface area (Å²) in [6, 6.07) is 15.1. The molecule has 6 nitrogen and oxygen atoms in total. The van der Waals surface area contributed by atoms with Crippen molar-refractivity contribution in [2.24, 2.45) is 0 Å². The number of nitrogens with one attached hydrogen (secondary N) is 2. The van der Waals surface area contributed by atoms with E-state index in [1.54, 1.807) is 6.07 Å². The van der Waals surface area contributed by atoms with Gasteiger partial charge in [-0.1, -0.05) is 6.07 Å². The number of rotatable bonds is 6. The molecule has 0 atom stereocenters. The molecule has 0 aliphatic heterocycles. The second kappa shape index (κ2) is 8.31. The molecule has 2 N–H and O–H groups in total. The van der Waals surface area contributed by atoms with E-state index in [0.29, 0.717) is 12.4 Å². The van der Waals surface area contributed by atoms with Gasteiger partial charge in [0.05, 0.1) is 6.61 Å². The van der Waals surface area contributed by atoms with Gasteiger partial charge in [-0.15, -0.1) is 0 Å². The van der Waals surface area contributed by atoms with Crippen molar-refractivity contribution < 1.29 is 9.53 Å². The van der Waals surface area contributed by atoms with Crippen LogP contribution in [0.3, 0.4) is 0 Å². The van der Waals surface area contributed by atoms with Crippen LogP contribution in [0.25, 0.3) is 0 Å². The summed E-state index contributed by atoms with van der Waals surface area (Å²) in [6.45, 7) is 6.55. The molecule has 0 spiro atoms. The lowest BCUT2D eigenvalue weighted by atomic mass is 10.1. The average molecular weight is 362 g/mol. The third-order valence-electron chi connectivity index (χ3n) is 3.82. The molecule has 138 valence electrons. The Hall–Kier alpha value is -3.41. The molecule has 0 unspecified atom stereocenters. The lowest BCUT2D eigenvalue weighted by molar-refractivity contribution is 0.102. The molecule has 1 aromatic heterocycles. The lowest BCUT2D eigenvalue weighted by Crippen LogP contribution is -2.14. The predicted octanol–water partition coefficient (Wildman–Crippen LogP) is 4.49. The van der Waals surface area contributed by atoms with Crippen LogP contribution >= 0.6 is 0 Å². The van der Waals surface area contributed by atoms with Gasteiger partial charge in [0.15, 0.2) is 0 Å². The molecular formula is C21H22N4O2. The second-order valence-electron chi connectivity index (χ2n) is 6.20. The maximum atomic E-state index is 12.5. The van der Waals surface area contributed by atoms with E-state index in [9.17, 15) is 4.79 Å². The van der Waals surface area contributed by atoms with Gasteiger partial charge >= 0.3 is 0 Å². The van der Waals surface area contributed by atoms with Crippen molar-refractivity contribution in [2.45, 2.75) is 20.8 Å². The summed E-state index contributed by atoms with van der Waals surface area (Å²) in [5.74, 6) is 1.07. The van der Waals surface area contributed by atoms with Gasteiger partial charge in [0, 0.05) is 17.4 Å². The van der Waals surface area contributed by atoms with Gasteiger partial charge in [0.2, 0.25) is 0 Å². The lowest BCUT2D eigenvalue weighted by Gasteiger charge is -2.09. The Morgan fingerprint density at radius 3 is 2.33 bits per heavy atom. The van der Waals surface area contributed by atoms with Crippen molar-refractivity contribution in [2.75, 3.05) is 17.2 Å². The minimum absolute atomic E-state index is 0.280. The standard InChI is InChI=1S/C21H22N4O2/c1-4-27-18-7-5-16(6-8-18)24-20-12-19(22-13-23-20)21(26)25-17-10-14(2)9-15(3)11-17/h5-13H,4H2,1-3H3,(H,25,26)(H,22,23,24). The van der Waals surface area contributed by atoms with Crippen molar-refractivity contribution >= 4 is 23.1 Å². The minimum Gasteiger partial charge on any atom is -0.494 e. The molecular weight excluding hydrogens is 340 g/mol. The zero-order chi connectivity index (χ0) is 19.2. The summed E-state index contributed by atoms with van der Waals surface area (Å²) in [7, 11) is 0. The molecule has 0 saturated heterocycles. The number of aromatic nitrogens is 2. The Balaban J connectivity index is 1.71. The highest BCUT2D eigenvalue weighted by atomic mass is 16.5. The average Bonchev–Trinajstić information content (AvgIpc) is 2.63. The van der Waals surface area contributed by atoms with Crippen LogP contribution in [0.5, 0.6) is 5.75 Å². The molecule has 0 aliphatic rings. The Bertz CT molecular complexity index is 919. The van der Waals surface area contributed by atoms with Gasteiger partial charge in [-0.3, -0.25) is 4.79 Å². The number of hydrogen-bond acceptors (Lipinski definition) is 5. The highest BCUT2D eigenvalue weighted by Gasteiger charge is 2.10. The smallest absolute Gasteiger partial charge is 0.274 e. The number of amides is 1.